The van der Waals surface area contributed by atoms with E-state index in [9.17, 15) is 15.2 Å². The van der Waals surface area contributed by atoms with Crippen LogP contribution < -0.4 is 0 Å². The highest BCUT2D eigenvalue weighted by atomic mass is 16.7. The largest absolute Gasteiger partial charge is 0.508 e. The minimum absolute atomic E-state index is 0.0603. The molecule has 6 heteroatoms. The molecule has 1 saturated heterocycles. The fourth-order valence-corrected chi connectivity index (χ4v) is 3.39. The average molecular weight is 393 g/mol. The minimum Gasteiger partial charge on any atom is -0.508 e. The van der Waals surface area contributed by atoms with Gasteiger partial charge < -0.3 is 19.7 Å². The molecule has 2 aromatic rings. The molecule has 0 spiro atoms. The van der Waals surface area contributed by atoms with Crippen LogP contribution in [0.1, 0.15) is 48.3 Å². The Morgan fingerprint density at radius 2 is 1.86 bits per heavy atom. The van der Waals surface area contributed by atoms with E-state index >= 15 is 0 Å². The number of para-hydroxylation sites is 1. The molecule has 0 amide bonds. The van der Waals surface area contributed by atoms with Gasteiger partial charge >= 0.3 is 5.97 Å². The Balaban J connectivity index is 1.80. The van der Waals surface area contributed by atoms with Crippen LogP contribution in [0.4, 0.5) is 0 Å². The van der Waals surface area contributed by atoms with Crippen LogP contribution in [0.5, 0.6) is 5.75 Å². The third-order valence-electron chi connectivity index (χ3n) is 4.87. The first kappa shape index (κ1) is 20.6. The molecule has 3 rings (SSSR count). The van der Waals surface area contributed by atoms with Crippen molar-refractivity contribution in [3.8, 4) is 11.8 Å². The molecule has 1 aliphatic rings. The lowest BCUT2D eigenvalue weighted by molar-refractivity contribution is -0.244. The van der Waals surface area contributed by atoms with Crippen molar-refractivity contribution in [2.45, 2.75) is 31.7 Å². The highest BCUT2D eigenvalue weighted by molar-refractivity contribution is 5.66. The van der Waals surface area contributed by atoms with Crippen LogP contribution in [0, 0.1) is 17.2 Å². The summed E-state index contributed by atoms with van der Waals surface area (Å²) in [5, 5.41) is 28.5. The predicted octanol–water partition coefficient (Wildman–Crippen LogP) is 4.48. The van der Waals surface area contributed by atoms with E-state index in [1.807, 2.05) is 30.4 Å². The van der Waals surface area contributed by atoms with Gasteiger partial charge in [-0.25, -0.2) is 0 Å². The molecule has 0 bridgehead atoms. The van der Waals surface area contributed by atoms with E-state index < -0.39 is 18.4 Å². The molecule has 1 heterocycles. The Hall–Kier alpha value is -3.14. The van der Waals surface area contributed by atoms with Crippen LogP contribution in [0.2, 0.25) is 0 Å². The standard InChI is InChI=1S/C23H23NO5/c24-14-16-8-4-5-10-18(16)23-28-15-17(9-2-1-3-13-21(26)27)22(29-23)19-11-6-7-12-20(19)25/h1-2,4-8,10-12,17,22-23,25H,3,9,13,15H2,(H,26,27)/b2-1-. The van der Waals surface area contributed by atoms with Crippen molar-refractivity contribution < 1.29 is 24.5 Å². The normalized spacial score (nSPS) is 21.7. The van der Waals surface area contributed by atoms with Gasteiger partial charge in [-0.2, -0.15) is 5.26 Å². The molecular formula is C23H23NO5. The number of hydrogen-bond acceptors (Lipinski definition) is 5. The fraction of sp³-hybridized carbons (Fsp3) is 0.304. The number of phenolic OH excluding ortho intramolecular Hbond substituents is 1. The summed E-state index contributed by atoms with van der Waals surface area (Å²) >= 11 is 0. The lowest BCUT2D eigenvalue weighted by Crippen LogP contribution is -2.30. The number of carboxylic acid groups (broad SMARTS) is 1. The smallest absolute Gasteiger partial charge is 0.303 e. The van der Waals surface area contributed by atoms with Gasteiger partial charge in [-0.05, 0) is 25.0 Å². The number of rotatable bonds is 7. The molecule has 2 N–H and O–H groups in total. The lowest BCUT2D eigenvalue weighted by Gasteiger charge is -2.37. The van der Waals surface area contributed by atoms with Crippen molar-refractivity contribution in [2.75, 3.05) is 6.61 Å². The van der Waals surface area contributed by atoms with E-state index in [0.29, 0.717) is 36.1 Å². The zero-order chi connectivity index (χ0) is 20.6. The topological polar surface area (TPSA) is 99.8 Å². The second kappa shape index (κ2) is 9.87. The number of allylic oxidation sites excluding steroid dienone is 2. The molecule has 3 unspecified atom stereocenters. The van der Waals surface area contributed by atoms with Crippen LogP contribution in [0.25, 0.3) is 0 Å². The number of carbonyl (C=O) groups is 1. The van der Waals surface area contributed by atoms with Gasteiger partial charge in [0, 0.05) is 23.5 Å². The van der Waals surface area contributed by atoms with Crippen LogP contribution >= 0.6 is 0 Å². The van der Waals surface area contributed by atoms with Crippen LogP contribution in [-0.4, -0.2) is 22.8 Å². The summed E-state index contributed by atoms with van der Waals surface area (Å²) in [6, 6.07) is 16.3. The van der Waals surface area contributed by atoms with Crippen molar-refractivity contribution in [2.24, 2.45) is 5.92 Å². The summed E-state index contributed by atoms with van der Waals surface area (Å²) in [6.07, 6.45) is 3.80. The first-order valence-corrected chi connectivity index (χ1v) is 9.51. The maximum Gasteiger partial charge on any atom is 0.303 e. The number of ether oxygens (including phenoxy) is 2. The fourth-order valence-electron chi connectivity index (χ4n) is 3.39. The highest BCUT2D eigenvalue weighted by Crippen LogP contribution is 2.43. The third-order valence-corrected chi connectivity index (χ3v) is 4.87. The summed E-state index contributed by atoms with van der Waals surface area (Å²) in [7, 11) is 0. The van der Waals surface area contributed by atoms with Crippen LogP contribution in [0.15, 0.2) is 60.7 Å². The Morgan fingerprint density at radius 3 is 2.59 bits per heavy atom. The Morgan fingerprint density at radius 1 is 1.14 bits per heavy atom. The van der Waals surface area contributed by atoms with Crippen LogP contribution in [-0.2, 0) is 14.3 Å². The molecule has 0 radical (unpaired) electrons. The highest BCUT2D eigenvalue weighted by Gasteiger charge is 2.35. The van der Waals surface area contributed by atoms with Gasteiger partial charge in [-0.1, -0.05) is 48.6 Å². The molecule has 29 heavy (non-hydrogen) atoms. The van der Waals surface area contributed by atoms with E-state index in [1.54, 1.807) is 30.3 Å². The SMILES string of the molecule is N#Cc1ccccc1C1OCC(C/C=C\CCC(=O)O)C(c2ccccc2O)O1. The maximum absolute atomic E-state index is 10.6. The monoisotopic (exact) mass is 393 g/mol. The van der Waals surface area contributed by atoms with Gasteiger partial charge in [0.05, 0.1) is 24.3 Å². The maximum atomic E-state index is 10.6. The molecule has 0 saturated carbocycles. The number of aromatic hydroxyl groups is 1. The van der Waals surface area contributed by atoms with Gasteiger partial charge in [0.25, 0.3) is 0 Å². The number of nitrogens with zero attached hydrogens (tertiary/aromatic N) is 1. The number of aliphatic carboxylic acids is 1. The van der Waals surface area contributed by atoms with Crippen molar-refractivity contribution in [1.82, 2.24) is 0 Å². The van der Waals surface area contributed by atoms with Gasteiger partial charge in [-0.3, -0.25) is 4.79 Å². The number of nitriles is 1. The second-order valence-electron chi connectivity index (χ2n) is 6.88. The molecule has 1 fully saturated rings. The number of phenols is 1. The summed E-state index contributed by atoms with van der Waals surface area (Å²) in [6.45, 7) is 0.382. The lowest BCUT2D eigenvalue weighted by atomic mass is 9.91. The van der Waals surface area contributed by atoms with Gasteiger partial charge in [0.2, 0.25) is 0 Å². The summed E-state index contributed by atoms with van der Waals surface area (Å²) < 4.78 is 12.2. The molecule has 3 atom stereocenters. The van der Waals surface area contributed by atoms with Gasteiger partial charge in [0.1, 0.15) is 5.75 Å². The Kier molecular flexibility index (Phi) is 7.01. The van der Waals surface area contributed by atoms with Crippen molar-refractivity contribution in [1.29, 1.82) is 5.26 Å². The Labute approximate surface area is 169 Å². The number of benzene rings is 2. The molecule has 1 aliphatic heterocycles. The summed E-state index contributed by atoms with van der Waals surface area (Å²) in [5.41, 5.74) is 1.81. The quantitative estimate of drug-likeness (QED) is 0.673. The first-order valence-electron chi connectivity index (χ1n) is 9.51. The molecule has 150 valence electrons. The molecule has 2 aromatic carbocycles. The zero-order valence-electron chi connectivity index (χ0n) is 15.9. The number of carboxylic acids is 1. The molecular weight excluding hydrogens is 370 g/mol. The molecule has 0 aliphatic carbocycles. The van der Waals surface area contributed by atoms with Crippen molar-refractivity contribution in [3.05, 3.63) is 77.4 Å². The van der Waals surface area contributed by atoms with Gasteiger partial charge in [-0.15, -0.1) is 0 Å². The third kappa shape index (κ3) is 5.23. The zero-order valence-corrected chi connectivity index (χ0v) is 15.9. The summed E-state index contributed by atoms with van der Waals surface area (Å²) in [4.78, 5) is 10.6. The minimum atomic E-state index is -0.829. The molecule has 6 nitrogen and oxygen atoms in total. The Bertz CT molecular complexity index is 917. The first-order chi connectivity index (χ1) is 14.1. The number of hydrogen-bond donors (Lipinski definition) is 2. The van der Waals surface area contributed by atoms with E-state index in [4.69, 9.17) is 14.6 Å². The van der Waals surface area contributed by atoms with E-state index in [1.165, 1.54) is 0 Å². The van der Waals surface area contributed by atoms with E-state index in [2.05, 4.69) is 6.07 Å². The van der Waals surface area contributed by atoms with E-state index in [0.717, 1.165) is 0 Å². The van der Waals surface area contributed by atoms with Crippen molar-refractivity contribution >= 4 is 5.97 Å². The second-order valence-corrected chi connectivity index (χ2v) is 6.88. The van der Waals surface area contributed by atoms with Crippen molar-refractivity contribution in [3.63, 3.8) is 0 Å². The van der Waals surface area contributed by atoms with Crippen LogP contribution in [0.3, 0.4) is 0 Å². The van der Waals surface area contributed by atoms with Gasteiger partial charge in [0.15, 0.2) is 6.29 Å². The predicted molar refractivity (Wildman–Crippen MR) is 106 cm³/mol. The average Bonchev–Trinajstić information content (AvgIpc) is 2.74. The molecule has 0 aromatic heterocycles. The summed E-state index contributed by atoms with van der Waals surface area (Å²) in [5.74, 6) is -0.744. The van der Waals surface area contributed by atoms with E-state index in [-0.39, 0.29) is 18.1 Å².